The topological polar surface area (TPSA) is 81.2 Å². The number of aromatic nitrogens is 2. The lowest BCUT2D eigenvalue weighted by Crippen LogP contribution is -2.39. The van der Waals surface area contributed by atoms with Gasteiger partial charge in [0.25, 0.3) is 5.91 Å². The molecule has 27 heavy (non-hydrogen) atoms. The number of esters is 1. The van der Waals surface area contributed by atoms with Crippen LogP contribution < -0.4 is 5.32 Å². The van der Waals surface area contributed by atoms with Crippen LogP contribution in [0.25, 0.3) is 22.2 Å². The number of hydrogen-bond donors (Lipinski definition) is 1. The van der Waals surface area contributed by atoms with E-state index in [1.54, 1.807) is 25.4 Å². The van der Waals surface area contributed by atoms with Gasteiger partial charge >= 0.3 is 5.97 Å². The molecule has 138 valence electrons. The van der Waals surface area contributed by atoms with Gasteiger partial charge in [0.1, 0.15) is 0 Å². The summed E-state index contributed by atoms with van der Waals surface area (Å²) in [5, 5.41) is 3.41. The lowest BCUT2D eigenvalue weighted by molar-refractivity contribution is -0.129. The standard InChI is InChI=1S/C21H21N3O3/c1-13(2)23-20(25)14(3)27-21(26)17-11-19(15-7-6-10-22-12-15)24-18-9-5-4-8-16(17)18/h4-14H,1-3H3,(H,23,25)/t14-/m0/s1. The van der Waals surface area contributed by atoms with Crippen molar-refractivity contribution in [2.24, 2.45) is 0 Å². The molecular formula is C21H21N3O3. The van der Waals surface area contributed by atoms with Crippen LogP contribution in [-0.2, 0) is 9.53 Å². The van der Waals surface area contributed by atoms with Crippen molar-refractivity contribution in [1.29, 1.82) is 0 Å². The van der Waals surface area contributed by atoms with Crippen LogP contribution in [0, 0.1) is 0 Å². The Kier molecular flexibility index (Phi) is 5.45. The summed E-state index contributed by atoms with van der Waals surface area (Å²) in [5.41, 5.74) is 2.45. The molecule has 1 N–H and O–H groups in total. The molecule has 0 radical (unpaired) electrons. The van der Waals surface area contributed by atoms with Crippen LogP contribution in [-0.4, -0.2) is 34.0 Å². The quantitative estimate of drug-likeness (QED) is 0.703. The fourth-order valence-electron chi connectivity index (χ4n) is 2.69. The molecule has 3 aromatic rings. The van der Waals surface area contributed by atoms with Gasteiger partial charge in [0.15, 0.2) is 6.10 Å². The van der Waals surface area contributed by atoms with Crippen molar-refractivity contribution in [2.45, 2.75) is 32.9 Å². The molecule has 0 aliphatic heterocycles. The van der Waals surface area contributed by atoms with E-state index in [0.717, 1.165) is 5.56 Å². The van der Waals surface area contributed by atoms with Crippen molar-refractivity contribution in [3.63, 3.8) is 0 Å². The average molecular weight is 363 g/mol. The van der Waals surface area contributed by atoms with Crippen LogP contribution in [0.1, 0.15) is 31.1 Å². The lowest BCUT2D eigenvalue weighted by atomic mass is 10.0. The highest BCUT2D eigenvalue weighted by molar-refractivity contribution is 6.05. The van der Waals surface area contributed by atoms with Crippen LogP contribution in [0.15, 0.2) is 54.9 Å². The second-order valence-electron chi connectivity index (χ2n) is 6.52. The Morgan fingerprint density at radius 1 is 1.07 bits per heavy atom. The van der Waals surface area contributed by atoms with E-state index in [4.69, 9.17) is 4.74 Å². The summed E-state index contributed by atoms with van der Waals surface area (Å²) < 4.78 is 5.40. The van der Waals surface area contributed by atoms with Crippen molar-refractivity contribution in [3.05, 3.63) is 60.4 Å². The summed E-state index contributed by atoms with van der Waals surface area (Å²) in [6.07, 6.45) is 2.47. The molecule has 3 rings (SSSR count). The number of nitrogens with one attached hydrogen (secondary N) is 1. The first-order valence-electron chi connectivity index (χ1n) is 8.77. The van der Waals surface area contributed by atoms with Gasteiger partial charge in [-0.15, -0.1) is 0 Å². The number of carbonyl (C=O) groups is 2. The maximum Gasteiger partial charge on any atom is 0.339 e. The number of nitrogens with zero attached hydrogens (tertiary/aromatic N) is 2. The van der Waals surface area contributed by atoms with Crippen molar-refractivity contribution in [2.75, 3.05) is 0 Å². The number of benzene rings is 1. The highest BCUT2D eigenvalue weighted by Gasteiger charge is 2.22. The third kappa shape index (κ3) is 4.28. The Labute approximate surface area is 157 Å². The van der Waals surface area contributed by atoms with Gasteiger partial charge in [-0.25, -0.2) is 9.78 Å². The van der Waals surface area contributed by atoms with Gasteiger partial charge in [0.2, 0.25) is 0 Å². The Balaban J connectivity index is 1.97. The monoisotopic (exact) mass is 363 g/mol. The molecule has 2 aromatic heterocycles. The van der Waals surface area contributed by atoms with Crippen LogP contribution >= 0.6 is 0 Å². The van der Waals surface area contributed by atoms with E-state index < -0.39 is 12.1 Å². The summed E-state index contributed by atoms with van der Waals surface area (Å²) >= 11 is 0. The molecule has 0 saturated heterocycles. The lowest BCUT2D eigenvalue weighted by Gasteiger charge is -2.16. The number of hydrogen-bond acceptors (Lipinski definition) is 5. The minimum atomic E-state index is -0.895. The smallest absolute Gasteiger partial charge is 0.339 e. The number of rotatable bonds is 5. The number of pyridine rings is 2. The third-order valence-electron chi connectivity index (χ3n) is 3.98. The number of para-hydroxylation sites is 1. The van der Waals surface area contributed by atoms with Crippen LogP contribution in [0.3, 0.4) is 0 Å². The zero-order chi connectivity index (χ0) is 19.4. The van der Waals surface area contributed by atoms with E-state index in [0.29, 0.717) is 22.2 Å². The Morgan fingerprint density at radius 3 is 2.56 bits per heavy atom. The van der Waals surface area contributed by atoms with E-state index in [-0.39, 0.29) is 11.9 Å². The van der Waals surface area contributed by atoms with Crippen LogP contribution in [0.4, 0.5) is 0 Å². The van der Waals surface area contributed by atoms with Gasteiger partial charge in [-0.05, 0) is 45.0 Å². The fraction of sp³-hybridized carbons (Fsp3) is 0.238. The predicted octanol–water partition coefficient (Wildman–Crippen LogP) is 3.37. The van der Waals surface area contributed by atoms with Gasteiger partial charge in [-0.2, -0.15) is 0 Å². The SMILES string of the molecule is CC(C)NC(=O)[C@H](C)OC(=O)c1cc(-c2cccnc2)nc2ccccc12. The van der Waals surface area contributed by atoms with E-state index in [9.17, 15) is 9.59 Å². The number of amides is 1. The molecule has 2 heterocycles. The van der Waals surface area contributed by atoms with E-state index >= 15 is 0 Å². The predicted molar refractivity (Wildman–Crippen MR) is 103 cm³/mol. The van der Waals surface area contributed by atoms with Crippen LogP contribution in [0.2, 0.25) is 0 Å². The fourth-order valence-corrected chi connectivity index (χ4v) is 2.69. The van der Waals surface area contributed by atoms with Crippen LogP contribution in [0.5, 0.6) is 0 Å². The van der Waals surface area contributed by atoms with Gasteiger partial charge in [-0.1, -0.05) is 18.2 Å². The summed E-state index contributed by atoms with van der Waals surface area (Å²) in [7, 11) is 0. The van der Waals surface area contributed by atoms with Crippen molar-refractivity contribution in [1.82, 2.24) is 15.3 Å². The molecule has 0 aliphatic rings. The summed E-state index contributed by atoms with van der Waals surface area (Å²) in [4.78, 5) is 33.6. The molecule has 0 spiro atoms. The van der Waals surface area contributed by atoms with E-state index in [1.807, 2.05) is 50.2 Å². The number of fused-ring (bicyclic) bond motifs is 1. The Bertz CT molecular complexity index is 971. The molecular weight excluding hydrogens is 342 g/mol. The molecule has 0 aliphatic carbocycles. The largest absolute Gasteiger partial charge is 0.449 e. The first-order chi connectivity index (χ1) is 13.0. The maximum absolute atomic E-state index is 12.8. The molecule has 6 nitrogen and oxygen atoms in total. The van der Waals surface area contributed by atoms with Gasteiger partial charge in [0, 0.05) is 29.4 Å². The molecule has 6 heteroatoms. The molecule has 1 atom stereocenters. The van der Waals surface area contributed by atoms with E-state index in [2.05, 4.69) is 15.3 Å². The van der Waals surface area contributed by atoms with Gasteiger partial charge in [0.05, 0.1) is 16.8 Å². The Hall–Kier alpha value is -3.28. The molecule has 1 amide bonds. The summed E-state index contributed by atoms with van der Waals surface area (Å²) in [6, 6.07) is 12.7. The second-order valence-corrected chi connectivity index (χ2v) is 6.52. The first-order valence-corrected chi connectivity index (χ1v) is 8.77. The minimum Gasteiger partial charge on any atom is -0.449 e. The average Bonchev–Trinajstić information content (AvgIpc) is 2.67. The van der Waals surface area contributed by atoms with Crippen molar-refractivity contribution >= 4 is 22.8 Å². The molecule has 0 bridgehead atoms. The molecule has 0 unspecified atom stereocenters. The second kappa shape index (κ2) is 7.95. The van der Waals surface area contributed by atoms with Crippen molar-refractivity contribution in [3.8, 4) is 11.3 Å². The van der Waals surface area contributed by atoms with Gasteiger partial charge < -0.3 is 10.1 Å². The number of carbonyl (C=O) groups excluding carboxylic acids is 2. The van der Waals surface area contributed by atoms with E-state index in [1.165, 1.54) is 0 Å². The normalized spacial score (nSPS) is 12.0. The summed E-state index contributed by atoms with van der Waals surface area (Å²) in [5.74, 6) is -0.894. The van der Waals surface area contributed by atoms with Crippen molar-refractivity contribution < 1.29 is 14.3 Å². The highest BCUT2D eigenvalue weighted by atomic mass is 16.5. The molecule has 0 fully saturated rings. The summed E-state index contributed by atoms with van der Waals surface area (Å²) in [6.45, 7) is 5.26. The third-order valence-corrected chi connectivity index (χ3v) is 3.98. The Morgan fingerprint density at radius 2 is 1.85 bits per heavy atom. The first kappa shape index (κ1) is 18.5. The minimum absolute atomic E-state index is 0.0300. The zero-order valence-electron chi connectivity index (χ0n) is 15.5. The molecule has 1 aromatic carbocycles. The van der Waals surface area contributed by atoms with Gasteiger partial charge in [-0.3, -0.25) is 9.78 Å². The highest BCUT2D eigenvalue weighted by Crippen LogP contribution is 2.25. The number of ether oxygens (including phenoxy) is 1. The molecule has 0 saturated carbocycles. The maximum atomic E-state index is 12.8. The zero-order valence-corrected chi connectivity index (χ0v) is 15.5.